The molecule has 2 heterocycles. The first-order valence-electron chi connectivity index (χ1n) is 6.03. The molecule has 4 nitrogen and oxygen atoms in total. The maximum absolute atomic E-state index is 11.5. The highest BCUT2D eigenvalue weighted by Crippen LogP contribution is 2.33. The van der Waals surface area contributed by atoms with E-state index in [1.165, 1.54) is 0 Å². The van der Waals surface area contributed by atoms with E-state index in [1.807, 2.05) is 0 Å². The van der Waals surface area contributed by atoms with Gasteiger partial charge in [-0.1, -0.05) is 11.6 Å². The van der Waals surface area contributed by atoms with Crippen LogP contribution in [0.3, 0.4) is 0 Å². The van der Waals surface area contributed by atoms with Crippen LogP contribution in [-0.4, -0.2) is 29.7 Å². The first kappa shape index (κ1) is 11.5. The molecule has 1 fully saturated rings. The van der Waals surface area contributed by atoms with E-state index in [4.69, 9.17) is 11.6 Å². The first-order valence-corrected chi connectivity index (χ1v) is 8.23. The predicted molar refractivity (Wildman–Crippen MR) is 66.2 cm³/mol. The fourth-order valence-electron chi connectivity index (χ4n) is 2.74. The number of sulfone groups is 1. The van der Waals surface area contributed by atoms with Gasteiger partial charge in [-0.2, -0.15) is 5.10 Å². The Labute approximate surface area is 106 Å². The highest BCUT2D eigenvalue weighted by molar-refractivity contribution is 7.91. The monoisotopic (exact) mass is 274 g/mol. The molecular weight excluding hydrogens is 260 g/mol. The Bertz CT molecular complexity index is 550. The van der Waals surface area contributed by atoms with Gasteiger partial charge < -0.3 is 0 Å². The van der Waals surface area contributed by atoms with E-state index >= 15 is 0 Å². The Morgan fingerprint density at radius 1 is 1.29 bits per heavy atom. The van der Waals surface area contributed by atoms with Crippen molar-refractivity contribution in [2.24, 2.45) is 0 Å². The van der Waals surface area contributed by atoms with Gasteiger partial charge in [-0.05, 0) is 32.1 Å². The Hall–Kier alpha value is -0.550. The van der Waals surface area contributed by atoms with Crippen molar-refractivity contribution in [2.75, 3.05) is 11.5 Å². The van der Waals surface area contributed by atoms with Crippen molar-refractivity contribution in [1.82, 2.24) is 9.78 Å². The van der Waals surface area contributed by atoms with E-state index in [2.05, 4.69) is 5.10 Å². The van der Waals surface area contributed by atoms with Gasteiger partial charge in [0.15, 0.2) is 9.84 Å². The molecular formula is C11H15ClN2O2S. The van der Waals surface area contributed by atoms with Gasteiger partial charge in [0, 0.05) is 5.56 Å². The molecule has 17 heavy (non-hydrogen) atoms. The molecule has 1 aromatic rings. The van der Waals surface area contributed by atoms with Crippen molar-refractivity contribution < 1.29 is 8.42 Å². The van der Waals surface area contributed by atoms with Crippen molar-refractivity contribution >= 4 is 21.4 Å². The fourth-order valence-corrected chi connectivity index (χ4v) is 4.82. The zero-order valence-corrected chi connectivity index (χ0v) is 11.1. The van der Waals surface area contributed by atoms with Gasteiger partial charge in [-0.25, -0.2) is 13.1 Å². The van der Waals surface area contributed by atoms with Crippen LogP contribution in [0.25, 0.3) is 0 Å². The lowest BCUT2D eigenvalue weighted by molar-refractivity contribution is 0.495. The predicted octanol–water partition coefficient (Wildman–Crippen LogP) is 1.77. The first-order chi connectivity index (χ1) is 8.07. The minimum Gasteiger partial charge on any atom is -0.249 e. The topological polar surface area (TPSA) is 52.0 Å². The van der Waals surface area contributed by atoms with Crippen molar-refractivity contribution in [2.45, 2.75) is 38.1 Å². The molecule has 3 rings (SSSR count). The molecule has 1 aromatic heterocycles. The second-order valence-corrected chi connectivity index (χ2v) is 7.51. The average molecular weight is 275 g/mol. The fraction of sp³-hybridized carbons (Fsp3) is 0.727. The summed E-state index contributed by atoms with van der Waals surface area (Å²) in [6, 6.07) is -0.0573. The maximum atomic E-state index is 11.5. The van der Waals surface area contributed by atoms with Crippen molar-refractivity contribution in [3.8, 4) is 0 Å². The van der Waals surface area contributed by atoms with Gasteiger partial charge in [-0.3, -0.25) is 0 Å². The second kappa shape index (κ2) is 3.99. The number of fused-ring (bicyclic) bond motifs is 1. The zero-order chi connectivity index (χ0) is 12.0. The molecule has 2 aliphatic rings. The molecule has 1 atom stereocenters. The lowest BCUT2D eigenvalue weighted by Gasteiger charge is -2.10. The van der Waals surface area contributed by atoms with Gasteiger partial charge in [0.05, 0.1) is 23.2 Å². The maximum Gasteiger partial charge on any atom is 0.152 e. The Balaban J connectivity index is 1.96. The molecule has 0 spiro atoms. The molecule has 0 aromatic carbocycles. The minimum atomic E-state index is -2.88. The van der Waals surface area contributed by atoms with Crippen LogP contribution in [-0.2, 0) is 22.7 Å². The van der Waals surface area contributed by atoms with Crippen molar-refractivity contribution in [1.29, 1.82) is 0 Å². The third-order valence-corrected chi connectivity index (χ3v) is 5.82. The summed E-state index contributed by atoms with van der Waals surface area (Å²) < 4.78 is 24.7. The summed E-state index contributed by atoms with van der Waals surface area (Å²) in [5, 5.41) is 5.19. The summed E-state index contributed by atoms with van der Waals surface area (Å²) in [5.74, 6) is 0.450. The van der Waals surface area contributed by atoms with E-state index in [-0.39, 0.29) is 17.5 Å². The van der Waals surface area contributed by atoms with Crippen LogP contribution >= 0.6 is 11.6 Å². The molecule has 6 heteroatoms. The van der Waals surface area contributed by atoms with Gasteiger partial charge in [-0.15, -0.1) is 0 Å². The van der Waals surface area contributed by atoms with Crippen LogP contribution in [0.1, 0.15) is 36.6 Å². The smallest absolute Gasteiger partial charge is 0.152 e. The summed E-state index contributed by atoms with van der Waals surface area (Å²) in [7, 11) is -2.88. The molecule has 1 saturated heterocycles. The molecule has 94 valence electrons. The van der Waals surface area contributed by atoms with Crippen LogP contribution in [0.5, 0.6) is 0 Å². The Morgan fingerprint density at radius 3 is 2.71 bits per heavy atom. The van der Waals surface area contributed by atoms with E-state index in [0.717, 1.165) is 36.9 Å². The van der Waals surface area contributed by atoms with E-state index in [1.54, 1.807) is 4.68 Å². The largest absolute Gasteiger partial charge is 0.249 e. The van der Waals surface area contributed by atoms with Crippen LogP contribution in [0.4, 0.5) is 0 Å². The summed E-state index contributed by atoms with van der Waals surface area (Å²) in [6.07, 6.45) is 4.91. The minimum absolute atomic E-state index is 0.0573. The number of aryl methyl sites for hydroxylation is 1. The number of nitrogens with zero attached hydrogens (tertiary/aromatic N) is 2. The number of rotatable bonds is 1. The van der Waals surface area contributed by atoms with E-state index in [9.17, 15) is 8.42 Å². The molecule has 0 saturated carbocycles. The molecule has 1 unspecified atom stereocenters. The summed E-state index contributed by atoms with van der Waals surface area (Å²) in [4.78, 5) is 0. The standard InChI is InChI=1S/C11H15ClN2O2S/c12-11-9-3-1-2-4-10(9)13-14(11)8-5-6-17(15,16)7-8/h8H,1-7H2. The summed E-state index contributed by atoms with van der Waals surface area (Å²) in [5.41, 5.74) is 2.22. The average Bonchev–Trinajstić information content (AvgIpc) is 2.81. The van der Waals surface area contributed by atoms with Gasteiger partial charge in [0.25, 0.3) is 0 Å². The molecule has 0 bridgehead atoms. The van der Waals surface area contributed by atoms with Crippen molar-refractivity contribution in [3.05, 3.63) is 16.4 Å². The number of hydrogen-bond donors (Lipinski definition) is 0. The number of aromatic nitrogens is 2. The SMILES string of the molecule is O=S1(=O)CCC(n2nc3c(c2Cl)CCCC3)C1. The van der Waals surface area contributed by atoms with E-state index < -0.39 is 9.84 Å². The van der Waals surface area contributed by atoms with Crippen LogP contribution in [0, 0.1) is 0 Å². The van der Waals surface area contributed by atoms with Gasteiger partial charge in [0.2, 0.25) is 0 Å². The molecule has 1 aliphatic carbocycles. The number of hydrogen-bond acceptors (Lipinski definition) is 3. The van der Waals surface area contributed by atoms with Gasteiger partial charge in [0.1, 0.15) is 5.15 Å². The lowest BCUT2D eigenvalue weighted by Crippen LogP contribution is -2.12. The van der Waals surface area contributed by atoms with Crippen LogP contribution < -0.4 is 0 Å². The quantitative estimate of drug-likeness (QED) is 0.784. The van der Waals surface area contributed by atoms with Crippen LogP contribution in [0.2, 0.25) is 5.15 Å². The molecule has 0 N–H and O–H groups in total. The normalized spacial score (nSPS) is 27.0. The summed E-state index contributed by atoms with van der Waals surface area (Å²) in [6.45, 7) is 0. The second-order valence-electron chi connectivity index (χ2n) is 4.92. The van der Waals surface area contributed by atoms with E-state index in [0.29, 0.717) is 11.6 Å². The lowest BCUT2D eigenvalue weighted by atomic mass is 9.98. The van der Waals surface area contributed by atoms with Crippen LogP contribution in [0.15, 0.2) is 0 Å². The highest BCUT2D eigenvalue weighted by Gasteiger charge is 2.32. The molecule has 1 aliphatic heterocycles. The van der Waals surface area contributed by atoms with Gasteiger partial charge >= 0.3 is 0 Å². The highest BCUT2D eigenvalue weighted by atomic mass is 35.5. The third kappa shape index (κ3) is 1.99. The third-order valence-electron chi connectivity index (χ3n) is 3.67. The Kier molecular flexibility index (Phi) is 2.70. The summed E-state index contributed by atoms with van der Waals surface area (Å²) >= 11 is 6.32. The number of halogens is 1. The van der Waals surface area contributed by atoms with Crippen molar-refractivity contribution in [3.63, 3.8) is 0 Å². The Morgan fingerprint density at radius 2 is 2.06 bits per heavy atom. The molecule has 0 radical (unpaired) electrons. The molecule has 0 amide bonds. The zero-order valence-electron chi connectivity index (χ0n) is 9.52.